The first-order chi connectivity index (χ1) is 9.08. The van der Waals surface area contributed by atoms with E-state index in [2.05, 4.69) is 5.32 Å². The van der Waals surface area contributed by atoms with Gasteiger partial charge in [0.05, 0.1) is 0 Å². The molecule has 0 aliphatic heterocycles. The molecule has 0 bridgehead atoms. The maximum Gasteiger partial charge on any atom is 0.251 e. The number of amides is 1. The lowest BCUT2D eigenvalue weighted by molar-refractivity contribution is 0.0950. The zero-order valence-electron chi connectivity index (χ0n) is 10.5. The van der Waals surface area contributed by atoms with E-state index < -0.39 is 0 Å². The third-order valence-electron chi connectivity index (χ3n) is 2.87. The summed E-state index contributed by atoms with van der Waals surface area (Å²) in [5.41, 5.74) is 2.02. The van der Waals surface area contributed by atoms with Crippen molar-refractivity contribution >= 4 is 17.5 Å². The Hall–Kier alpha value is -2.00. The molecule has 0 saturated carbocycles. The van der Waals surface area contributed by atoms with E-state index in [9.17, 15) is 9.90 Å². The van der Waals surface area contributed by atoms with E-state index in [1.807, 2.05) is 18.2 Å². The number of benzene rings is 2. The minimum absolute atomic E-state index is 0.116. The van der Waals surface area contributed by atoms with Gasteiger partial charge in [0.2, 0.25) is 0 Å². The Morgan fingerprint density at radius 3 is 2.68 bits per heavy atom. The average Bonchev–Trinajstić information content (AvgIpc) is 2.40. The van der Waals surface area contributed by atoms with Crippen molar-refractivity contribution in [2.75, 3.05) is 0 Å². The van der Waals surface area contributed by atoms with Gasteiger partial charge < -0.3 is 10.4 Å². The predicted octanol–water partition coefficient (Wildman–Crippen LogP) is 3.28. The average molecular weight is 276 g/mol. The van der Waals surface area contributed by atoms with Crippen molar-refractivity contribution in [2.24, 2.45) is 0 Å². The summed E-state index contributed by atoms with van der Waals surface area (Å²) in [6.07, 6.45) is 0. The van der Waals surface area contributed by atoms with Gasteiger partial charge in [0, 0.05) is 17.1 Å². The molecular formula is C15H14ClNO2. The van der Waals surface area contributed by atoms with Crippen molar-refractivity contribution < 1.29 is 9.90 Å². The fraction of sp³-hybridized carbons (Fsp3) is 0.133. The SMILES string of the molecule is Cc1ccc(C(=O)NCc2ccccc2Cl)cc1O. The lowest BCUT2D eigenvalue weighted by atomic mass is 10.1. The number of phenols is 1. The van der Waals surface area contributed by atoms with E-state index in [1.165, 1.54) is 6.07 Å². The molecule has 0 saturated heterocycles. The van der Waals surface area contributed by atoms with Crippen LogP contribution in [-0.2, 0) is 6.54 Å². The van der Waals surface area contributed by atoms with Crippen molar-refractivity contribution in [1.29, 1.82) is 0 Å². The largest absolute Gasteiger partial charge is 0.508 e. The normalized spacial score (nSPS) is 10.2. The Morgan fingerprint density at radius 2 is 2.00 bits per heavy atom. The molecule has 0 radical (unpaired) electrons. The molecule has 0 aromatic heterocycles. The lowest BCUT2D eigenvalue weighted by Crippen LogP contribution is -2.22. The third-order valence-corrected chi connectivity index (χ3v) is 3.24. The maximum atomic E-state index is 11.9. The fourth-order valence-corrected chi connectivity index (χ4v) is 1.87. The van der Waals surface area contributed by atoms with Gasteiger partial charge in [-0.2, -0.15) is 0 Å². The first-order valence-electron chi connectivity index (χ1n) is 5.89. The molecule has 2 aromatic carbocycles. The molecular weight excluding hydrogens is 262 g/mol. The summed E-state index contributed by atoms with van der Waals surface area (Å²) >= 11 is 6.01. The second kappa shape index (κ2) is 5.76. The van der Waals surface area contributed by atoms with E-state index >= 15 is 0 Å². The number of aryl methyl sites for hydroxylation is 1. The molecule has 0 atom stereocenters. The number of phenolic OH excluding ortho intramolecular Hbond substituents is 1. The molecule has 2 N–H and O–H groups in total. The summed E-state index contributed by atoms with van der Waals surface area (Å²) in [4.78, 5) is 11.9. The third kappa shape index (κ3) is 3.26. The van der Waals surface area contributed by atoms with Gasteiger partial charge in [-0.25, -0.2) is 0 Å². The molecule has 2 rings (SSSR count). The van der Waals surface area contributed by atoms with Gasteiger partial charge in [-0.1, -0.05) is 35.9 Å². The van der Waals surface area contributed by atoms with Crippen molar-refractivity contribution in [3.05, 3.63) is 64.2 Å². The molecule has 0 heterocycles. The molecule has 19 heavy (non-hydrogen) atoms. The van der Waals surface area contributed by atoms with Crippen LogP contribution in [-0.4, -0.2) is 11.0 Å². The van der Waals surface area contributed by atoms with E-state index in [4.69, 9.17) is 11.6 Å². The molecule has 4 heteroatoms. The quantitative estimate of drug-likeness (QED) is 0.903. The van der Waals surface area contributed by atoms with E-state index in [-0.39, 0.29) is 11.7 Å². The highest BCUT2D eigenvalue weighted by Crippen LogP contribution is 2.18. The number of carbonyl (C=O) groups is 1. The summed E-state index contributed by atoms with van der Waals surface area (Å²) in [7, 11) is 0. The van der Waals surface area contributed by atoms with Gasteiger partial charge in [0.1, 0.15) is 5.75 Å². The fourth-order valence-electron chi connectivity index (χ4n) is 1.67. The van der Waals surface area contributed by atoms with Crippen molar-refractivity contribution in [3.63, 3.8) is 0 Å². The number of rotatable bonds is 3. The first kappa shape index (κ1) is 13.4. The summed E-state index contributed by atoms with van der Waals surface area (Å²) in [5.74, 6) is -0.124. The topological polar surface area (TPSA) is 49.3 Å². The molecule has 0 unspecified atom stereocenters. The second-order valence-corrected chi connectivity index (χ2v) is 4.68. The number of hydrogen-bond acceptors (Lipinski definition) is 2. The van der Waals surface area contributed by atoms with Gasteiger partial charge in [-0.05, 0) is 36.2 Å². The Labute approximate surface area is 116 Å². The van der Waals surface area contributed by atoms with E-state index in [0.717, 1.165) is 11.1 Å². The van der Waals surface area contributed by atoms with Crippen LogP contribution in [0.2, 0.25) is 5.02 Å². The second-order valence-electron chi connectivity index (χ2n) is 4.28. The Morgan fingerprint density at radius 1 is 1.26 bits per heavy atom. The first-order valence-corrected chi connectivity index (χ1v) is 6.27. The van der Waals surface area contributed by atoms with Gasteiger partial charge in [-0.3, -0.25) is 4.79 Å². The number of aromatic hydroxyl groups is 1. The Balaban J connectivity index is 2.05. The maximum absolute atomic E-state index is 11.9. The van der Waals surface area contributed by atoms with Crippen LogP contribution in [0.25, 0.3) is 0 Å². The van der Waals surface area contributed by atoms with Crippen LogP contribution in [0.3, 0.4) is 0 Å². The van der Waals surface area contributed by atoms with Crippen LogP contribution in [0, 0.1) is 6.92 Å². The van der Waals surface area contributed by atoms with Crippen LogP contribution < -0.4 is 5.32 Å². The summed E-state index contributed by atoms with van der Waals surface area (Å²) in [6.45, 7) is 2.13. The number of carbonyl (C=O) groups excluding carboxylic acids is 1. The van der Waals surface area contributed by atoms with Crippen molar-refractivity contribution in [2.45, 2.75) is 13.5 Å². The van der Waals surface area contributed by atoms with Gasteiger partial charge in [0.15, 0.2) is 0 Å². The van der Waals surface area contributed by atoms with Crippen LogP contribution in [0.4, 0.5) is 0 Å². The van der Waals surface area contributed by atoms with Crippen LogP contribution in [0.1, 0.15) is 21.5 Å². The van der Waals surface area contributed by atoms with Crippen LogP contribution in [0.15, 0.2) is 42.5 Å². The molecule has 3 nitrogen and oxygen atoms in total. The standard InChI is InChI=1S/C15H14ClNO2/c1-10-6-7-11(8-14(10)18)15(19)17-9-12-4-2-3-5-13(12)16/h2-8,18H,9H2,1H3,(H,17,19). The number of halogens is 1. The Kier molecular flexibility index (Phi) is 4.07. The Bertz CT molecular complexity index is 611. The smallest absolute Gasteiger partial charge is 0.251 e. The molecule has 1 amide bonds. The summed E-state index contributed by atoms with van der Waals surface area (Å²) in [5, 5.41) is 13.0. The van der Waals surface area contributed by atoms with Crippen LogP contribution in [0.5, 0.6) is 5.75 Å². The molecule has 98 valence electrons. The highest BCUT2D eigenvalue weighted by molar-refractivity contribution is 6.31. The summed E-state index contributed by atoms with van der Waals surface area (Å²) in [6, 6.07) is 12.2. The van der Waals surface area contributed by atoms with Gasteiger partial charge >= 0.3 is 0 Å². The molecule has 0 spiro atoms. The summed E-state index contributed by atoms with van der Waals surface area (Å²) < 4.78 is 0. The zero-order chi connectivity index (χ0) is 13.8. The molecule has 0 fully saturated rings. The molecule has 2 aromatic rings. The number of nitrogens with one attached hydrogen (secondary N) is 1. The van der Waals surface area contributed by atoms with E-state index in [1.54, 1.807) is 25.1 Å². The minimum atomic E-state index is -0.241. The van der Waals surface area contributed by atoms with Gasteiger partial charge in [-0.15, -0.1) is 0 Å². The predicted molar refractivity (Wildman–Crippen MR) is 75.5 cm³/mol. The number of hydrogen-bond donors (Lipinski definition) is 2. The highest BCUT2D eigenvalue weighted by Gasteiger charge is 2.08. The van der Waals surface area contributed by atoms with Gasteiger partial charge in [0.25, 0.3) is 5.91 Å². The van der Waals surface area contributed by atoms with Crippen molar-refractivity contribution in [3.8, 4) is 5.75 Å². The lowest BCUT2D eigenvalue weighted by Gasteiger charge is -2.08. The van der Waals surface area contributed by atoms with Crippen molar-refractivity contribution in [1.82, 2.24) is 5.32 Å². The molecule has 0 aliphatic carbocycles. The zero-order valence-corrected chi connectivity index (χ0v) is 11.2. The van der Waals surface area contributed by atoms with E-state index in [0.29, 0.717) is 17.1 Å². The minimum Gasteiger partial charge on any atom is -0.508 e. The monoisotopic (exact) mass is 275 g/mol. The molecule has 0 aliphatic rings. The van der Waals surface area contributed by atoms with Crippen LogP contribution >= 0.6 is 11.6 Å². The highest BCUT2D eigenvalue weighted by atomic mass is 35.5.